The molecule has 0 atom stereocenters. The minimum atomic E-state index is -4.17. The van der Waals surface area contributed by atoms with E-state index in [1.54, 1.807) is 0 Å². The maximum atomic E-state index is 10.7. The third-order valence-electron chi connectivity index (χ3n) is 1.10. The van der Waals surface area contributed by atoms with Crippen molar-refractivity contribution in [2.75, 3.05) is 0 Å². The highest BCUT2D eigenvalue weighted by atomic mass is 35.7. The summed E-state index contributed by atoms with van der Waals surface area (Å²) in [6.07, 6.45) is 0. The molecule has 0 N–H and O–H groups in total. The minimum Gasteiger partial charge on any atom is -0.211 e. The number of hydrogen-bond donors (Lipinski definition) is 0. The summed E-state index contributed by atoms with van der Waals surface area (Å²) < 4.78 is 41.1. The van der Waals surface area contributed by atoms with Crippen molar-refractivity contribution in [3.05, 3.63) is 0 Å². The first-order valence-electron chi connectivity index (χ1n) is 2.93. The second-order valence-electron chi connectivity index (χ2n) is 2.56. The predicted octanol–water partition coefficient (Wildman–Crippen LogP) is 1.11. The molecule has 0 saturated heterocycles. The minimum absolute atomic E-state index is 0.671. The third kappa shape index (κ3) is 3.47. The standard InChI is InChI=1S/C4H8Cl2O4S2/c1-3(2)4(11(5,7)8)12(6,9)10/h3-4H,1-2H3. The Bertz CT molecular complexity index is 309. The van der Waals surface area contributed by atoms with Crippen LogP contribution in [-0.4, -0.2) is 21.4 Å². The van der Waals surface area contributed by atoms with Gasteiger partial charge >= 0.3 is 0 Å². The summed E-state index contributed by atoms with van der Waals surface area (Å²) in [5.41, 5.74) is 0. The van der Waals surface area contributed by atoms with Gasteiger partial charge in [-0.05, 0) is 5.92 Å². The normalized spacial score (nSPS) is 14.2. The van der Waals surface area contributed by atoms with Crippen molar-refractivity contribution in [1.82, 2.24) is 0 Å². The second-order valence-corrected chi connectivity index (χ2v) is 8.36. The molecule has 4 nitrogen and oxygen atoms in total. The van der Waals surface area contributed by atoms with Crippen LogP contribution < -0.4 is 0 Å². The first-order valence-corrected chi connectivity index (χ1v) is 7.68. The van der Waals surface area contributed by atoms with E-state index < -0.39 is 28.6 Å². The van der Waals surface area contributed by atoms with Gasteiger partial charge in [-0.3, -0.25) is 0 Å². The average Bonchev–Trinajstić information content (AvgIpc) is 1.49. The van der Waals surface area contributed by atoms with Crippen LogP contribution in [0.25, 0.3) is 0 Å². The van der Waals surface area contributed by atoms with Crippen LogP contribution >= 0.6 is 21.4 Å². The van der Waals surface area contributed by atoms with E-state index in [0.29, 0.717) is 0 Å². The van der Waals surface area contributed by atoms with Crippen molar-refractivity contribution in [3.63, 3.8) is 0 Å². The molecular weight excluding hydrogens is 247 g/mol. The molecule has 0 aliphatic heterocycles. The smallest absolute Gasteiger partial charge is 0.211 e. The van der Waals surface area contributed by atoms with Gasteiger partial charge in [0, 0.05) is 21.4 Å². The Hall–Kier alpha value is 0.480. The first kappa shape index (κ1) is 12.5. The molecule has 0 amide bonds. The molecular formula is C4H8Cl2O4S2. The molecule has 0 aliphatic rings. The van der Waals surface area contributed by atoms with Crippen LogP contribution in [0.2, 0.25) is 0 Å². The summed E-state index contributed by atoms with van der Waals surface area (Å²) in [6.45, 7) is 2.81. The van der Waals surface area contributed by atoms with Crippen molar-refractivity contribution >= 4 is 39.5 Å². The summed E-state index contributed by atoms with van der Waals surface area (Å²) in [4.78, 5) is 0. The van der Waals surface area contributed by atoms with Gasteiger partial charge in [-0.1, -0.05) is 13.8 Å². The highest BCUT2D eigenvalue weighted by Crippen LogP contribution is 2.24. The predicted molar refractivity (Wildman–Crippen MR) is 48.2 cm³/mol. The van der Waals surface area contributed by atoms with Crippen molar-refractivity contribution in [2.45, 2.75) is 18.4 Å². The van der Waals surface area contributed by atoms with Gasteiger partial charge in [-0.2, -0.15) is 0 Å². The maximum Gasteiger partial charge on any atom is 0.251 e. The van der Waals surface area contributed by atoms with Gasteiger partial charge in [0.15, 0.2) is 4.58 Å². The zero-order valence-electron chi connectivity index (χ0n) is 6.36. The summed E-state index contributed by atoms with van der Waals surface area (Å²) in [7, 11) is 1.44. The highest BCUT2D eigenvalue weighted by Gasteiger charge is 2.37. The largest absolute Gasteiger partial charge is 0.251 e. The molecule has 74 valence electrons. The van der Waals surface area contributed by atoms with Gasteiger partial charge in [0.1, 0.15) is 0 Å². The summed E-state index contributed by atoms with van der Waals surface area (Å²) in [5.74, 6) is -0.671. The fourth-order valence-electron chi connectivity index (χ4n) is 0.787. The van der Waals surface area contributed by atoms with Crippen molar-refractivity contribution in [2.24, 2.45) is 5.92 Å². The van der Waals surface area contributed by atoms with Crippen molar-refractivity contribution < 1.29 is 16.8 Å². The SMILES string of the molecule is CC(C)C(S(=O)(=O)Cl)S(=O)(=O)Cl. The molecule has 12 heavy (non-hydrogen) atoms. The fraction of sp³-hybridized carbons (Fsp3) is 1.00. The van der Waals surface area contributed by atoms with Gasteiger partial charge in [0.05, 0.1) is 0 Å². The Labute approximate surface area is 80.7 Å². The quantitative estimate of drug-likeness (QED) is 0.708. The molecule has 0 radical (unpaired) electrons. The van der Waals surface area contributed by atoms with Gasteiger partial charge in [0.25, 0.3) is 18.1 Å². The molecule has 0 rings (SSSR count). The van der Waals surface area contributed by atoms with Gasteiger partial charge in [0.2, 0.25) is 0 Å². The van der Waals surface area contributed by atoms with Gasteiger partial charge in [-0.15, -0.1) is 0 Å². The molecule has 0 bridgehead atoms. The van der Waals surface area contributed by atoms with Crippen LogP contribution in [0.1, 0.15) is 13.8 Å². The number of hydrogen-bond acceptors (Lipinski definition) is 4. The fourth-order valence-corrected chi connectivity index (χ4v) is 6.48. The van der Waals surface area contributed by atoms with E-state index in [9.17, 15) is 16.8 Å². The molecule has 0 heterocycles. The van der Waals surface area contributed by atoms with Crippen LogP contribution in [-0.2, 0) is 18.1 Å². The maximum absolute atomic E-state index is 10.7. The molecule has 0 aromatic rings. The van der Waals surface area contributed by atoms with Crippen LogP contribution in [0.15, 0.2) is 0 Å². The second kappa shape index (κ2) is 3.69. The Kier molecular flexibility index (Phi) is 3.84. The lowest BCUT2D eigenvalue weighted by molar-refractivity contribution is 0.563. The lowest BCUT2D eigenvalue weighted by Gasteiger charge is -2.12. The van der Waals surface area contributed by atoms with Crippen molar-refractivity contribution in [3.8, 4) is 0 Å². The topological polar surface area (TPSA) is 68.3 Å². The van der Waals surface area contributed by atoms with E-state index in [0.717, 1.165) is 0 Å². The summed E-state index contributed by atoms with van der Waals surface area (Å²) >= 11 is 0. The van der Waals surface area contributed by atoms with E-state index in [2.05, 4.69) is 0 Å². The lowest BCUT2D eigenvalue weighted by atomic mass is 10.3. The van der Waals surface area contributed by atoms with Crippen LogP contribution in [0.3, 0.4) is 0 Å². The monoisotopic (exact) mass is 254 g/mol. The Morgan fingerprint density at radius 3 is 1.17 bits per heavy atom. The van der Waals surface area contributed by atoms with Crippen LogP contribution in [0.4, 0.5) is 0 Å². The Morgan fingerprint density at radius 2 is 1.17 bits per heavy atom. The third-order valence-corrected chi connectivity index (χ3v) is 6.60. The zero-order chi connectivity index (χ0) is 10.2. The molecule has 0 aliphatic carbocycles. The van der Waals surface area contributed by atoms with Crippen LogP contribution in [0, 0.1) is 5.92 Å². The first-order chi connectivity index (χ1) is 5.07. The lowest BCUT2D eigenvalue weighted by Crippen LogP contribution is -2.28. The Balaban J connectivity index is 5.26. The molecule has 0 fully saturated rings. The summed E-state index contributed by atoms with van der Waals surface area (Å²) in [5, 5.41) is 0. The average molecular weight is 255 g/mol. The number of rotatable bonds is 3. The van der Waals surface area contributed by atoms with E-state index in [4.69, 9.17) is 21.4 Å². The highest BCUT2D eigenvalue weighted by molar-refractivity contribution is 8.29. The van der Waals surface area contributed by atoms with Gasteiger partial charge < -0.3 is 0 Å². The zero-order valence-corrected chi connectivity index (χ0v) is 9.50. The van der Waals surface area contributed by atoms with E-state index in [1.165, 1.54) is 13.8 Å². The van der Waals surface area contributed by atoms with Crippen LogP contribution in [0.5, 0.6) is 0 Å². The van der Waals surface area contributed by atoms with Gasteiger partial charge in [-0.25, -0.2) is 16.8 Å². The molecule has 0 spiro atoms. The van der Waals surface area contributed by atoms with Crippen molar-refractivity contribution in [1.29, 1.82) is 0 Å². The van der Waals surface area contributed by atoms with E-state index in [-0.39, 0.29) is 0 Å². The van der Waals surface area contributed by atoms with E-state index >= 15 is 0 Å². The molecule has 0 aromatic carbocycles. The molecule has 0 aromatic heterocycles. The van der Waals surface area contributed by atoms with E-state index in [1.807, 2.05) is 0 Å². The number of halogens is 2. The molecule has 0 unspecified atom stereocenters. The Morgan fingerprint density at radius 1 is 0.917 bits per heavy atom. The summed E-state index contributed by atoms with van der Waals surface area (Å²) in [6, 6.07) is 0. The molecule has 0 saturated carbocycles. The molecule has 8 heteroatoms.